The zero-order chi connectivity index (χ0) is 13.9. The average Bonchev–Trinajstić information content (AvgIpc) is 2.97. The molecule has 0 aromatic rings. The van der Waals surface area contributed by atoms with Gasteiger partial charge in [0.2, 0.25) is 0 Å². The highest BCUT2D eigenvalue weighted by Crippen LogP contribution is 2.44. The lowest BCUT2D eigenvalue weighted by atomic mass is 9.89. The maximum absolute atomic E-state index is 5.91. The smallest absolute Gasteiger partial charge is 0.0604 e. The fourth-order valence-electron chi connectivity index (χ4n) is 2.76. The molecule has 0 radical (unpaired) electrons. The van der Waals surface area contributed by atoms with Crippen molar-refractivity contribution < 1.29 is 4.74 Å². The van der Waals surface area contributed by atoms with E-state index < -0.39 is 0 Å². The summed E-state index contributed by atoms with van der Waals surface area (Å²) in [6, 6.07) is 1.29. The number of nitrogens with zero attached hydrogens (tertiary/aromatic N) is 1. The van der Waals surface area contributed by atoms with Crippen LogP contribution >= 0.6 is 11.8 Å². The van der Waals surface area contributed by atoms with Gasteiger partial charge in [0.1, 0.15) is 0 Å². The van der Waals surface area contributed by atoms with Crippen LogP contribution in [0.15, 0.2) is 0 Å². The van der Waals surface area contributed by atoms with Crippen molar-refractivity contribution in [3.8, 4) is 0 Å². The Bertz CT molecular complexity index is 275. The highest BCUT2D eigenvalue weighted by molar-refractivity contribution is 8.07. The van der Waals surface area contributed by atoms with E-state index >= 15 is 0 Å². The Morgan fingerprint density at radius 2 is 2.11 bits per heavy atom. The zero-order valence-corrected chi connectivity index (χ0v) is 13.8. The summed E-state index contributed by atoms with van der Waals surface area (Å²) in [5.74, 6) is 1.33. The molecule has 0 aromatic carbocycles. The Kier molecular flexibility index (Phi) is 5.58. The van der Waals surface area contributed by atoms with Gasteiger partial charge in [-0.25, -0.2) is 0 Å². The van der Waals surface area contributed by atoms with Crippen molar-refractivity contribution in [1.82, 2.24) is 10.2 Å². The van der Waals surface area contributed by atoms with Crippen molar-refractivity contribution in [2.24, 2.45) is 0 Å². The Morgan fingerprint density at radius 1 is 1.42 bits per heavy atom. The van der Waals surface area contributed by atoms with Gasteiger partial charge in [-0.2, -0.15) is 11.8 Å². The third-order valence-electron chi connectivity index (χ3n) is 3.94. The first-order valence-electron chi connectivity index (χ1n) is 7.67. The zero-order valence-electron chi connectivity index (χ0n) is 12.9. The quantitative estimate of drug-likeness (QED) is 0.519. The first kappa shape index (κ1) is 15.6. The molecule has 1 N–H and O–H groups in total. The molecule has 1 saturated heterocycles. The van der Waals surface area contributed by atoms with E-state index in [-0.39, 0.29) is 0 Å². The molecule has 19 heavy (non-hydrogen) atoms. The van der Waals surface area contributed by atoms with E-state index in [4.69, 9.17) is 4.74 Å². The van der Waals surface area contributed by atoms with Crippen LogP contribution in [0.3, 0.4) is 0 Å². The molecule has 2 fully saturated rings. The Labute approximate surface area is 122 Å². The van der Waals surface area contributed by atoms with Gasteiger partial charge in [-0.05, 0) is 33.2 Å². The molecule has 2 aliphatic rings. The maximum atomic E-state index is 5.91. The van der Waals surface area contributed by atoms with Gasteiger partial charge in [-0.1, -0.05) is 13.8 Å². The average molecular weight is 286 g/mol. The number of rotatable bonds is 9. The van der Waals surface area contributed by atoms with Crippen LogP contribution in [0.5, 0.6) is 0 Å². The van der Waals surface area contributed by atoms with Crippen molar-refractivity contribution in [2.45, 2.75) is 63.0 Å². The second kappa shape index (κ2) is 6.79. The molecule has 4 heteroatoms. The highest BCUT2D eigenvalue weighted by atomic mass is 32.2. The highest BCUT2D eigenvalue weighted by Gasteiger charge is 2.39. The van der Waals surface area contributed by atoms with Crippen molar-refractivity contribution >= 4 is 11.8 Å². The lowest BCUT2D eigenvalue weighted by molar-refractivity contribution is -0.0205. The van der Waals surface area contributed by atoms with E-state index in [1.54, 1.807) is 0 Å². The number of nitrogens with one attached hydrogen (secondary N) is 1. The maximum Gasteiger partial charge on any atom is 0.0604 e. The Morgan fingerprint density at radius 3 is 2.68 bits per heavy atom. The second-order valence-electron chi connectivity index (χ2n) is 6.81. The lowest BCUT2D eigenvalue weighted by Crippen LogP contribution is -2.48. The molecule has 1 heterocycles. The monoisotopic (exact) mass is 286 g/mol. The van der Waals surface area contributed by atoms with Gasteiger partial charge in [0.25, 0.3) is 0 Å². The third-order valence-corrected chi connectivity index (χ3v) is 5.35. The molecule has 1 atom stereocenters. The van der Waals surface area contributed by atoms with E-state index in [1.165, 1.54) is 25.1 Å². The van der Waals surface area contributed by atoms with Crippen LogP contribution in [0.2, 0.25) is 0 Å². The summed E-state index contributed by atoms with van der Waals surface area (Å²) in [5, 5.41) is 3.56. The van der Waals surface area contributed by atoms with Gasteiger partial charge < -0.3 is 15.0 Å². The summed E-state index contributed by atoms with van der Waals surface area (Å²) in [5.41, 5.74) is 0. The fraction of sp³-hybridized carbons (Fsp3) is 1.00. The van der Waals surface area contributed by atoms with E-state index in [9.17, 15) is 0 Å². The van der Waals surface area contributed by atoms with Crippen LogP contribution in [-0.4, -0.2) is 60.3 Å². The molecule has 1 saturated carbocycles. The van der Waals surface area contributed by atoms with Gasteiger partial charge in [-0.3, -0.25) is 0 Å². The Hall–Kier alpha value is 0.230. The molecule has 0 aromatic heterocycles. The van der Waals surface area contributed by atoms with E-state index in [2.05, 4.69) is 49.8 Å². The van der Waals surface area contributed by atoms with Gasteiger partial charge in [0, 0.05) is 42.3 Å². The minimum atomic E-state index is 0.512. The minimum absolute atomic E-state index is 0.512. The summed E-state index contributed by atoms with van der Waals surface area (Å²) in [6.45, 7) is 10.1. The van der Waals surface area contributed by atoms with Crippen molar-refractivity contribution in [3.63, 3.8) is 0 Å². The first-order chi connectivity index (χ1) is 8.97. The molecule has 1 aliphatic heterocycles. The molecule has 3 nitrogen and oxygen atoms in total. The summed E-state index contributed by atoms with van der Waals surface area (Å²) in [6.07, 6.45) is 4.07. The predicted octanol–water partition coefficient (Wildman–Crippen LogP) is 2.36. The number of hydrogen-bond acceptors (Lipinski definition) is 4. The minimum Gasteiger partial charge on any atom is -0.378 e. The Balaban J connectivity index is 1.43. The van der Waals surface area contributed by atoms with Gasteiger partial charge in [-0.15, -0.1) is 0 Å². The first-order valence-corrected chi connectivity index (χ1v) is 8.65. The molecule has 0 bridgehead atoms. The van der Waals surface area contributed by atoms with Crippen molar-refractivity contribution in [2.75, 3.05) is 32.5 Å². The SMILES string of the molecule is CC(C)N[C@H]1C[C@H](OCCCN(C)CC2(C)CS2)C1. The molecule has 1 unspecified atom stereocenters. The number of hydrogen-bond donors (Lipinski definition) is 1. The van der Waals surface area contributed by atoms with E-state index in [0.717, 1.165) is 19.6 Å². The van der Waals surface area contributed by atoms with E-state index in [0.29, 0.717) is 22.9 Å². The topological polar surface area (TPSA) is 24.5 Å². The van der Waals surface area contributed by atoms with Crippen LogP contribution in [-0.2, 0) is 4.74 Å². The normalized spacial score (nSPS) is 33.8. The van der Waals surface area contributed by atoms with Gasteiger partial charge in [0.15, 0.2) is 0 Å². The summed E-state index contributed by atoms with van der Waals surface area (Å²) < 4.78 is 6.47. The standard InChI is InChI=1S/C15H30N2OS/c1-12(2)16-13-8-14(9-13)18-7-5-6-17(4)10-15(3)11-19-15/h12-14,16H,5-11H2,1-4H3/t13-,14-,15?. The van der Waals surface area contributed by atoms with E-state index in [1.807, 2.05) is 0 Å². The van der Waals surface area contributed by atoms with Crippen molar-refractivity contribution in [3.05, 3.63) is 0 Å². The molecular formula is C15H30N2OS. The molecule has 0 spiro atoms. The third kappa shape index (κ3) is 5.62. The second-order valence-corrected chi connectivity index (χ2v) is 8.38. The van der Waals surface area contributed by atoms with Crippen LogP contribution in [0.4, 0.5) is 0 Å². The lowest BCUT2D eigenvalue weighted by Gasteiger charge is -2.37. The number of thioether (sulfide) groups is 1. The summed E-state index contributed by atoms with van der Waals surface area (Å²) in [7, 11) is 2.23. The molecular weight excluding hydrogens is 256 g/mol. The predicted molar refractivity (Wildman–Crippen MR) is 84.0 cm³/mol. The van der Waals surface area contributed by atoms with Gasteiger partial charge >= 0.3 is 0 Å². The number of ether oxygens (including phenoxy) is 1. The molecule has 1 aliphatic carbocycles. The molecule has 112 valence electrons. The van der Waals surface area contributed by atoms with Crippen LogP contribution < -0.4 is 5.32 Å². The molecule has 0 amide bonds. The van der Waals surface area contributed by atoms with Crippen LogP contribution in [0, 0.1) is 0 Å². The van der Waals surface area contributed by atoms with Crippen LogP contribution in [0.25, 0.3) is 0 Å². The summed E-state index contributed by atoms with van der Waals surface area (Å²) in [4.78, 5) is 2.45. The van der Waals surface area contributed by atoms with Crippen LogP contribution in [0.1, 0.15) is 40.0 Å². The summed E-state index contributed by atoms with van der Waals surface area (Å²) >= 11 is 2.08. The van der Waals surface area contributed by atoms with Gasteiger partial charge in [0.05, 0.1) is 6.10 Å². The fourth-order valence-corrected chi connectivity index (χ4v) is 3.41. The molecule has 2 rings (SSSR count). The largest absolute Gasteiger partial charge is 0.378 e. The van der Waals surface area contributed by atoms with Crippen molar-refractivity contribution in [1.29, 1.82) is 0 Å².